The zero-order valence-electron chi connectivity index (χ0n) is 17.0. The van der Waals surface area contributed by atoms with E-state index in [9.17, 15) is 14.4 Å². The van der Waals surface area contributed by atoms with Crippen LogP contribution in [0, 0.1) is 5.92 Å². The number of anilines is 1. The quantitative estimate of drug-likeness (QED) is 0.648. The number of nitrogens with zero attached hydrogens (tertiary/aromatic N) is 5. The van der Waals surface area contributed by atoms with Gasteiger partial charge in [-0.25, -0.2) is 4.79 Å². The molecule has 0 amide bonds. The van der Waals surface area contributed by atoms with E-state index in [0.717, 1.165) is 24.1 Å². The average Bonchev–Trinajstić information content (AvgIpc) is 3.08. The summed E-state index contributed by atoms with van der Waals surface area (Å²) in [6, 6.07) is 10.2. The van der Waals surface area contributed by atoms with E-state index in [-0.39, 0.29) is 12.3 Å². The smallest absolute Gasteiger partial charge is 0.332 e. The van der Waals surface area contributed by atoms with Crippen molar-refractivity contribution in [2.45, 2.75) is 33.4 Å². The van der Waals surface area contributed by atoms with Gasteiger partial charge in [-0.2, -0.15) is 4.98 Å². The monoisotopic (exact) mass is 395 g/mol. The second-order valence-electron chi connectivity index (χ2n) is 7.92. The summed E-state index contributed by atoms with van der Waals surface area (Å²) in [4.78, 5) is 44.1. The van der Waals surface area contributed by atoms with Crippen molar-refractivity contribution in [1.82, 2.24) is 18.7 Å². The van der Waals surface area contributed by atoms with Crippen molar-refractivity contribution in [2.75, 3.05) is 18.0 Å². The van der Waals surface area contributed by atoms with Crippen molar-refractivity contribution in [1.29, 1.82) is 0 Å². The normalized spacial score (nSPS) is 16.2. The summed E-state index contributed by atoms with van der Waals surface area (Å²) < 4.78 is 4.28. The number of rotatable bonds is 5. The Labute approximate surface area is 168 Å². The summed E-state index contributed by atoms with van der Waals surface area (Å²) >= 11 is 0. The standard InChI is InChI=1S/C21H25N5O3/c1-14-11-24(10-9-16-7-5-4-6-8-16)20-22-18-17(25(20)12-14)19(28)26(13-15(2)27)21(29)23(18)3/h4-8,14H,9-13H2,1-3H3/t14-/m0/s1. The largest absolute Gasteiger partial charge is 0.342 e. The van der Waals surface area contributed by atoms with E-state index in [1.165, 1.54) is 17.1 Å². The number of benzene rings is 1. The van der Waals surface area contributed by atoms with Gasteiger partial charge in [0.05, 0.1) is 6.54 Å². The van der Waals surface area contributed by atoms with E-state index < -0.39 is 11.2 Å². The third kappa shape index (κ3) is 3.39. The van der Waals surface area contributed by atoms with Crippen molar-refractivity contribution in [2.24, 2.45) is 13.0 Å². The minimum Gasteiger partial charge on any atom is -0.342 e. The van der Waals surface area contributed by atoms with Crippen LogP contribution in [-0.2, 0) is 31.4 Å². The number of hydrogen-bond acceptors (Lipinski definition) is 5. The topological polar surface area (TPSA) is 82.1 Å². The van der Waals surface area contributed by atoms with Crippen LogP contribution in [0.5, 0.6) is 0 Å². The Morgan fingerprint density at radius 3 is 2.59 bits per heavy atom. The van der Waals surface area contributed by atoms with Gasteiger partial charge in [0.2, 0.25) is 5.95 Å². The van der Waals surface area contributed by atoms with Crippen molar-refractivity contribution < 1.29 is 4.79 Å². The van der Waals surface area contributed by atoms with Gasteiger partial charge in [-0.05, 0) is 24.8 Å². The predicted octanol–water partition coefficient (Wildman–Crippen LogP) is 1.18. The molecule has 0 saturated heterocycles. The molecule has 1 aromatic carbocycles. The number of hydrogen-bond donors (Lipinski definition) is 0. The van der Waals surface area contributed by atoms with Crippen molar-refractivity contribution in [3.8, 4) is 0 Å². The van der Waals surface area contributed by atoms with Crippen LogP contribution in [0.25, 0.3) is 11.2 Å². The first-order valence-corrected chi connectivity index (χ1v) is 9.85. The Balaban J connectivity index is 1.81. The molecule has 0 radical (unpaired) electrons. The third-order valence-corrected chi connectivity index (χ3v) is 5.42. The molecule has 0 fully saturated rings. The van der Waals surface area contributed by atoms with Crippen LogP contribution in [0.2, 0.25) is 0 Å². The molecular weight excluding hydrogens is 370 g/mol. The second kappa shape index (κ2) is 7.35. The lowest BCUT2D eigenvalue weighted by Crippen LogP contribution is -2.42. The van der Waals surface area contributed by atoms with E-state index in [1.807, 2.05) is 22.8 Å². The maximum Gasteiger partial charge on any atom is 0.332 e. The van der Waals surface area contributed by atoms with Gasteiger partial charge in [0.25, 0.3) is 5.56 Å². The molecule has 29 heavy (non-hydrogen) atoms. The van der Waals surface area contributed by atoms with Crippen LogP contribution in [0.3, 0.4) is 0 Å². The summed E-state index contributed by atoms with van der Waals surface area (Å²) in [5, 5.41) is 0. The van der Waals surface area contributed by atoms with E-state index in [0.29, 0.717) is 29.6 Å². The molecule has 0 spiro atoms. The van der Waals surface area contributed by atoms with Crippen LogP contribution in [0.4, 0.5) is 5.95 Å². The predicted molar refractivity (Wildman–Crippen MR) is 111 cm³/mol. The molecule has 1 atom stereocenters. The molecule has 1 aliphatic rings. The Kier molecular flexibility index (Phi) is 4.86. The number of carbonyl (C=O) groups excluding carboxylic acids is 1. The molecule has 3 aromatic rings. The zero-order valence-corrected chi connectivity index (χ0v) is 17.0. The lowest BCUT2D eigenvalue weighted by atomic mass is 10.1. The SMILES string of the molecule is CC(=O)Cn1c(=O)c2c(nc3n2C[C@@H](C)CN3CCc2ccccc2)n(C)c1=O. The summed E-state index contributed by atoms with van der Waals surface area (Å²) in [5.74, 6) is 0.801. The molecule has 8 nitrogen and oxygen atoms in total. The molecule has 0 unspecified atom stereocenters. The third-order valence-electron chi connectivity index (χ3n) is 5.42. The Hall–Kier alpha value is -3.16. The van der Waals surface area contributed by atoms with E-state index in [4.69, 9.17) is 0 Å². The minimum absolute atomic E-state index is 0.227. The molecular formula is C21H25N5O3. The highest BCUT2D eigenvalue weighted by Gasteiger charge is 2.28. The van der Waals surface area contributed by atoms with Crippen LogP contribution < -0.4 is 16.1 Å². The van der Waals surface area contributed by atoms with Gasteiger partial charge in [-0.15, -0.1) is 0 Å². The molecule has 0 aliphatic carbocycles. The summed E-state index contributed by atoms with van der Waals surface area (Å²) in [5.41, 5.74) is 1.03. The lowest BCUT2D eigenvalue weighted by molar-refractivity contribution is -0.117. The molecule has 0 bridgehead atoms. The zero-order chi connectivity index (χ0) is 20.7. The summed E-state index contributed by atoms with van der Waals surface area (Å²) in [6.45, 7) is 5.55. The van der Waals surface area contributed by atoms with Crippen LogP contribution in [-0.4, -0.2) is 37.6 Å². The molecule has 0 N–H and O–H groups in total. The fraction of sp³-hybridized carbons (Fsp3) is 0.429. The number of aromatic nitrogens is 4. The number of carbonyl (C=O) groups is 1. The van der Waals surface area contributed by atoms with Gasteiger partial charge in [0, 0.05) is 26.7 Å². The molecule has 152 valence electrons. The van der Waals surface area contributed by atoms with Crippen molar-refractivity contribution in [3.63, 3.8) is 0 Å². The fourth-order valence-electron chi connectivity index (χ4n) is 4.06. The van der Waals surface area contributed by atoms with Gasteiger partial charge >= 0.3 is 5.69 Å². The first-order chi connectivity index (χ1) is 13.9. The maximum absolute atomic E-state index is 13.1. The van der Waals surface area contributed by atoms with Gasteiger partial charge < -0.3 is 9.47 Å². The fourth-order valence-corrected chi connectivity index (χ4v) is 4.06. The van der Waals surface area contributed by atoms with Gasteiger partial charge in [-0.3, -0.25) is 18.7 Å². The lowest BCUT2D eigenvalue weighted by Gasteiger charge is -2.33. The molecule has 8 heteroatoms. The highest BCUT2D eigenvalue weighted by atomic mass is 16.2. The van der Waals surface area contributed by atoms with Crippen LogP contribution >= 0.6 is 0 Å². The summed E-state index contributed by atoms with van der Waals surface area (Å²) in [6.07, 6.45) is 0.865. The summed E-state index contributed by atoms with van der Waals surface area (Å²) in [7, 11) is 1.59. The van der Waals surface area contributed by atoms with Crippen molar-refractivity contribution in [3.05, 3.63) is 56.7 Å². The first kappa shape index (κ1) is 19.2. The van der Waals surface area contributed by atoms with E-state index >= 15 is 0 Å². The molecule has 4 rings (SSSR count). The minimum atomic E-state index is -0.517. The van der Waals surface area contributed by atoms with Crippen LogP contribution in [0.1, 0.15) is 19.4 Å². The second-order valence-corrected chi connectivity index (χ2v) is 7.92. The first-order valence-electron chi connectivity index (χ1n) is 9.85. The number of ketones is 1. The maximum atomic E-state index is 13.1. The van der Waals surface area contributed by atoms with Crippen LogP contribution in [0.15, 0.2) is 39.9 Å². The Bertz CT molecular complexity index is 1190. The number of fused-ring (bicyclic) bond motifs is 3. The Morgan fingerprint density at radius 1 is 1.17 bits per heavy atom. The molecule has 3 heterocycles. The number of aryl methyl sites for hydroxylation is 1. The Morgan fingerprint density at radius 2 is 1.90 bits per heavy atom. The van der Waals surface area contributed by atoms with Gasteiger partial charge in [0.15, 0.2) is 11.2 Å². The van der Waals surface area contributed by atoms with Crippen molar-refractivity contribution >= 4 is 22.9 Å². The molecule has 2 aromatic heterocycles. The molecule has 0 saturated carbocycles. The average molecular weight is 395 g/mol. The van der Waals surface area contributed by atoms with E-state index in [2.05, 4.69) is 28.9 Å². The number of Topliss-reactive ketones (excluding diaryl/α,β-unsaturated/α-hetero) is 1. The number of imidazole rings is 1. The molecule has 1 aliphatic heterocycles. The van der Waals surface area contributed by atoms with Gasteiger partial charge in [-0.1, -0.05) is 37.3 Å². The van der Waals surface area contributed by atoms with E-state index in [1.54, 1.807) is 7.05 Å². The van der Waals surface area contributed by atoms with Gasteiger partial charge in [0.1, 0.15) is 5.78 Å². The highest BCUT2D eigenvalue weighted by molar-refractivity contribution is 5.77. The highest BCUT2D eigenvalue weighted by Crippen LogP contribution is 2.26.